The maximum Gasteiger partial charge on any atom is 0.283 e. The third-order valence-corrected chi connectivity index (χ3v) is 8.39. The van der Waals surface area contributed by atoms with Gasteiger partial charge in [0, 0.05) is 30.5 Å². The summed E-state index contributed by atoms with van der Waals surface area (Å²) in [7, 11) is 1.84. The molecule has 4 aliphatic rings. The van der Waals surface area contributed by atoms with E-state index in [4.69, 9.17) is 20.2 Å². The molecule has 162 valence electrons. The summed E-state index contributed by atoms with van der Waals surface area (Å²) in [5.74, 6) is 1.18. The highest BCUT2D eigenvalue weighted by atomic mass is 16.5. The highest BCUT2D eigenvalue weighted by Crippen LogP contribution is 2.62. The van der Waals surface area contributed by atoms with Crippen LogP contribution in [0, 0.1) is 11.3 Å². The van der Waals surface area contributed by atoms with Crippen LogP contribution in [-0.2, 0) is 21.4 Å². The van der Waals surface area contributed by atoms with E-state index >= 15 is 0 Å². The first-order chi connectivity index (χ1) is 15.0. The van der Waals surface area contributed by atoms with Crippen molar-refractivity contribution in [1.29, 1.82) is 0 Å². The zero-order chi connectivity index (χ0) is 21.2. The molecule has 2 fully saturated rings. The standard InChI is InChI=1S/C26H31N3O2/c1-16-11-25(8-7-23(16)30-2)12-19-6-5-18(10-22(19)26(25)15-31-24(27)29-26)21-9-20(13-28-14-21)17-3-4-17/h5-6,9-10,13-14,16-17,23H,3-4,7-8,11-12,15H2,1-2H3,(H2,27,29)/t16-,23-,25-,26+/m1/s1. The number of amidine groups is 1. The Morgan fingerprint density at radius 2 is 2.00 bits per heavy atom. The lowest BCUT2D eigenvalue weighted by Gasteiger charge is -2.47. The summed E-state index contributed by atoms with van der Waals surface area (Å²) in [6.07, 6.45) is 11.2. The van der Waals surface area contributed by atoms with Crippen molar-refractivity contribution in [3.63, 3.8) is 0 Å². The number of benzene rings is 1. The lowest BCUT2D eigenvalue weighted by Crippen LogP contribution is -2.48. The van der Waals surface area contributed by atoms with Crippen molar-refractivity contribution >= 4 is 6.02 Å². The number of hydrogen-bond donors (Lipinski definition) is 1. The smallest absolute Gasteiger partial charge is 0.283 e. The zero-order valence-corrected chi connectivity index (χ0v) is 18.4. The van der Waals surface area contributed by atoms with Crippen LogP contribution in [0.1, 0.15) is 61.6 Å². The van der Waals surface area contributed by atoms with Crippen LogP contribution in [0.5, 0.6) is 0 Å². The van der Waals surface area contributed by atoms with Gasteiger partial charge in [0.25, 0.3) is 6.02 Å². The van der Waals surface area contributed by atoms with E-state index in [9.17, 15) is 0 Å². The topological polar surface area (TPSA) is 69.7 Å². The molecule has 0 amide bonds. The molecule has 2 saturated carbocycles. The van der Waals surface area contributed by atoms with Crippen LogP contribution < -0.4 is 5.73 Å². The molecule has 2 N–H and O–H groups in total. The molecule has 5 nitrogen and oxygen atoms in total. The molecule has 1 aromatic heterocycles. The minimum atomic E-state index is -0.392. The fraction of sp³-hybridized carbons (Fsp3) is 0.538. The SMILES string of the molecule is CO[C@@H]1CC[C@]2(Cc3ccc(-c4cncc(C5CC5)c4)cc3[C@@]23COC(N)=N3)C[C@H]1C. The number of nitrogens with two attached hydrogens (primary N) is 1. The van der Waals surface area contributed by atoms with E-state index in [2.05, 4.69) is 36.2 Å². The Labute approximate surface area is 184 Å². The molecule has 31 heavy (non-hydrogen) atoms. The van der Waals surface area contributed by atoms with Gasteiger partial charge in [0.2, 0.25) is 0 Å². The third-order valence-electron chi connectivity index (χ3n) is 8.39. The maximum absolute atomic E-state index is 6.13. The second-order valence-corrected chi connectivity index (χ2v) is 10.2. The Morgan fingerprint density at radius 1 is 1.13 bits per heavy atom. The molecular weight excluding hydrogens is 386 g/mol. The normalized spacial score (nSPS) is 34.1. The molecule has 0 unspecified atom stereocenters. The van der Waals surface area contributed by atoms with Crippen LogP contribution >= 0.6 is 0 Å². The predicted octanol–water partition coefficient (Wildman–Crippen LogP) is 4.54. The number of pyridine rings is 1. The first-order valence-electron chi connectivity index (χ1n) is 11.6. The maximum atomic E-state index is 6.13. The average Bonchev–Trinajstić information content (AvgIpc) is 3.51. The van der Waals surface area contributed by atoms with Crippen LogP contribution in [0.25, 0.3) is 11.1 Å². The predicted molar refractivity (Wildman–Crippen MR) is 121 cm³/mol. The van der Waals surface area contributed by atoms with Gasteiger partial charge in [-0.3, -0.25) is 4.98 Å². The van der Waals surface area contributed by atoms with Crippen molar-refractivity contribution in [3.8, 4) is 11.1 Å². The average molecular weight is 418 g/mol. The Kier molecular flexibility index (Phi) is 4.23. The number of nitrogens with zero attached hydrogens (tertiary/aromatic N) is 2. The van der Waals surface area contributed by atoms with Crippen molar-refractivity contribution < 1.29 is 9.47 Å². The van der Waals surface area contributed by atoms with Crippen LogP contribution in [0.3, 0.4) is 0 Å². The number of ether oxygens (including phenoxy) is 2. The molecule has 5 heteroatoms. The minimum Gasteiger partial charge on any atom is -0.462 e. The van der Waals surface area contributed by atoms with Gasteiger partial charge in [0.05, 0.1) is 6.10 Å². The molecule has 4 atom stereocenters. The number of aromatic nitrogens is 1. The Hall–Kier alpha value is -2.40. The lowest BCUT2D eigenvalue weighted by atomic mass is 9.59. The van der Waals surface area contributed by atoms with Crippen molar-refractivity contribution in [2.24, 2.45) is 22.1 Å². The van der Waals surface area contributed by atoms with Crippen molar-refractivity contribution in [2.75, 3.05) is 13.7 Å². The van der Waals surface area contributed by atoms with E-state index in [1.807, 2.05) is 19.5 Å². The summed E-state index contributed by atoms with van der Waals surface area (Å²) in [4.78, 5) is 9.57. The van der Waals surface area contributed by atoms with Gasteiger partial charge in [0.15, 0.2) is 0 Å². The van der Waals surface area contributed by atoms with Gasteiger partial charge in [0.1, 0.15) is 12.1 Å². The van der Waals surface area contributed by atoms with Gasteiger partial charge in [-0.1, -0.05) is 19.1 Å². The van der Waals surface area contributed by atoms with Gasteiger partial charge < -0.3 is 15.2 Å². The largest absolute Gasteiger partial charge is 0.462 e. The van der Waals surface area contributed by atoms with Crippen molar-refractivity contribution in [3.05, 3.63) is 53.3 Å². The number of fused-ring (bicyclic) bond motifs is 3. The van der Waals surface area contributed by atoms with E-state index in [1.165, 1.54) is 40.7 Å². The molecule has 2 heterocycles. The van der Waals surface area contributed by atoms with Gasteiger partial charge in [-0.25, -0.2) is 4.99 Å². The zero-order valence-electron chi connectivity index (χ0n) is 18.4. The minimum absolute atomic E-state index is 0.0393. The number of hydrogen-bond acceptors (Lipinski definition) is 5. The summed E-state index contributed by atoms with van der Waals surface area (Å²) in [6.45, 7) is 2.86. The Balaban J connectivity index is 1.44. The second kappa shape index (κ2) is 6.80. The Morgan fingerprint density at radius 3 is 2.71 bits per heavy atom. The summed E-state index contributed by atoms with van der Waals surface area (Å²) < 4.78 is 11.6. The van der Waals surface area contributed by atoms with Gasteiger partial charge >= 0.3 is 0 Å². The summed E-state index contributed by atoms with van der Waals surface area (Å²) in [6, 6.07) is 9.56. The first-order valence-corrected chi connectivity index (χ1v) is 11.6. The number of methoxy groups -OCH3 is 1. The van der Waals surface area contributed by atoms with Crippen LogP contribution in [0.2, 0.25) is 0 Å². The Bertz CT molecular complexity index is 1060. The summed E-state index contributed by atoms with van der Waals surface area (Å²) >= 11 is 0. The van der Waals surface area contributed by atoms with Crippen molar-refractivity contribution in [1.82, 2.24) is 4.98 Å². The molecule has 0 radical (unpaired) electrons. The fourth-order valence-corrected chi connectivity index (χ4v) is 6.63. The first kappa shape index (κ1) is 19.3. The second-order valence-electron chi connectivity index (χ2n) is 10.2. The number of aliphatic imine (C=N–C) groups is 1. The highest BCUT2D eigenvalue weighted by molar-refractivity contribution is 5.76. The monoisotopic (exact) mass is 417 g/mol. The molecular formula is C26H31N3O2. The molecule has 0 bridgehead atoms. The van der Waals surface area contributed by atoms with Crippen molar-refractivity contribution in [2.45, 2.75) is 63.0 Å². The molecule has 1 aromatic carbocycles. The van der Waals surface area contributed by atoms with E-state index in [-0.39, 0.29) is 5.41 Å². The van der Waals surface area contributed by atoms with E-state index in [0.717, 1.165) is 25.7 Å². The lowest BCUT2D eigenvalue weighted by molar-refractivity contribution is -0.0445. The summed E-state index contributed by atoms with van der Waals surface area (Å²) in [5, 5.41) is 0. The van der Waals surface area contributed by atoms with Gasteiger partial charge in [-0.05, 0) is 84.7 Å². The van der Waals surface area contributed by atoms with Crippen LogP contribution in [0.15, 0.2) is 41.7 Å². The molecule has 2 spiro atoms. The molecule has 6 rings (SSSR count). The van der Waals surface area contributed by atoms with E-state index < -0.39 is 5.54 Å². The quantitative estimate of drug-likeness (QED) is 0.796. The van der Waals surface area contributed by atoms with E-state index in [0.29, 0.717) is 30.6 Å². The van der Waals surface area contributed by atoms with Gasteiger partial charge in [-0.15, -0.1) is 0 Å². The van der Waals surface area contributed by atoms with Crippen LogP contribution in [0.4, 0.5) is 0 Å². The molecule has 2 aromatic rings. The highest BCUT2D eigenvalue weighted by Gasteiger charge is 2.62. The number of rotatable bonds is 3. The molecule has 3 aliphatic carbocycles. The molecule has 1 aliphatic heterocycles. The molecule has 0 saturated heterocycles. The fourth-order valence-electron chi connectivity index (χ4n) is 6.63. The van der Waals surface area contributed by atoms with Gasteiger partial charge in [-0.2, -0.15) is 0 Å². The third kappa shape index (κ3) is 2.85. The summed E-state index contributed by atoms with van der Waals surface area (Å²) in [5.41, 5.74) is 12.2. The van der Waals surface area contributed by atoms with Crippen LogP contribution in [-0.4, -0.2) is 30.8 Å². The van der Waals surface area contributed by atoms with E-state index in [1.54, 1.807) is 0 Å².